The highest BCUT2D eigenvalue weighted by Crippen LogP contribution is 2.65. The third-order valence-corrected chi connectivity index (χ3v) is 8.70. The highest BCUT2D eigenvalue weighted by molar-refractivity contribution is 5.83. The number of aliphatic hydroxyl groups excluding tert-OH is 2. The zero-order chi connectivity index (χ0) is 18.9. The van der Waals surface area contributed by atoms with Gasteiger partial charge in [-0.05, 0) is 61.7 Å². The van der Waals surface area contributed by atoms with Gasteiger partial charge in [0.05, 0.1) is 12.2 Å². The van der Waals surface area contributed by atoms with Crippen molar-refractivity contribution in [3.05, 3.63) is 0 Å². The van der Waals surface area contributed by atoms with Gasteiger partial charge < -0.3 is 14.9 Å². The molecule has 0 unspecified atom stereocenters. The van der Waals surface area contributed by atoms with Gasteiger partial charge in [-0.25, -0.2) is 0 Å². The Morgan fingerprint density at radius 2 is 1.77 bits per heavy atom. The molecular formula is C21H32O5. The maximum atomic E-state index is 13.0. The van der Waals surface area contributed by atoms with Gasteiger partial charge in [-0.3, -0.25) is 9.59 Å². The van der Waals surface area contributed by atoms with Crippen molar-refractivity contribution in [2.75, 3.05) is 0 Å². The second kappa shape index (κ2) is 6.03. The normalized spacial score (nSPS) is 53.4. The summed E-state index contributed by atoms with van der Waals surface area (Å²) < 4.78 is 5.66. The van der Waals surface area contributed by atoms with Gasteiger partial charge in [0, 0.05) is 24.7 Å². The summed E-state index contributed by atoms with van der Waals surface area (Å²) in [6, 6.07) is 0. The summed E-state index contributed by atoms with van der Waals surface area (Å²) in [5, 5.41) is 20.4. The van der Waals surface area contributed by atoms with Gasteiger partial charge >= 0.3 is 5.97 Å². The molecule has 0 aromatic rings. The molecule has 0 saturated heterocycles. The van der Waals surface area contributed by atoms with E-state index in [4.69, 9.17) is 4.74 Å². The zero-order valence-corrected chi connectivity index (χ0v) is 16.1. The number of Topliss-reactive ketones (excluding diaryl/α,β-unsaturated/α-hetero) is 1. The van der Waals surface area contributed by atoms with Crippen LogP contribution in [0.4, 0.5) is 0 Å². The first-order chi connectivity index (χ1) is 12.2. The monoisotopic (exact) mass is 364 g/mol. The van der Waals surface area contributed by atoms with E-state index >= 15 is 0 Å². The van der Waals surface area contributed by atoms with Crippen LogP contribution in [0.2, 0.25) is 0 Å². The number of fused-ring (bicyclic) bond motifs is 5. The Labute approximate surface area is 155 Å². The molecule has 146 valence electrons. The Bertz CT molecular complexity index is 618. The van der Waals surface area contributed by atoms with E-state index in [2.05, 4.69) is 13.8 Å². The van der Waals surface area contributed by atoms with Gasteiger partial charge in [-0.15, -0.1) is 0 Å². The molecule has 0 aromatic heterocycles. The topological polar surface area (TPSA) is 83.8 Å². The van der Waals surface area contributed by atoms with Crippen LogP contribution in [-0.2, 0) is 14.3 Å². The predicted octanol–water partition coefficient (Wildman–Crippen LogP) is 2.47. The number of hydrogen-bond donors (Lipinski definition) is 2. The van der Waals surface area contributed by atoms with Gasteiger partial charge in [-0.2, -0.15) is 0 Å². The maximum absolute atomic E-state index is 13.0. The second-order valence-corrected chi connectivity index (χ2v) is 9.90. The largest absolute Gasteiger partial charge is 0.462 e. The summed E-state index contributed by atoms with van der Waals surface area (Å²) in [6.45, 7) is 5.89. The van der Waals surface area contributed by atoms with Crippen molar-refractivity contribution in [1.82, 2.24) is 0 Å². The fourth-order valence-corrected chi connectivity index (χ4v) is 7.42. The van der Waals surface area contributed by atoms with Crippen LogP contribution in [0, 0.1) is 34.5 Å². The van der Waals surface area contributed by atoms with E-state index in [-0.39, 0.29) is 34.6 Å². The quantitative estimate of drug-likeness (QED) is 0.698. The molecule has 0 radical (unpaired) electrons. The molecular weight excluding hydrogens is 332 g/mol. The van der Waals surface area contributed by atoms with Crippen LogP contribution in [0.3, 0.4) is 0 Å². The lowest BCUT2D eigenvalue weighted by Gasteiger charge is -2.60. The summed E-state index contributed by atoms with van der Waals surface area (Å²) in [6.07, 6.45) is 3.88. The third kappa shape index (κ3) is 2.50. The van der Waals surface area contributed by atoms with Crippen LogP contribution in [-0.4, -0.2) is 40.3 Å². The average molecular weight is 364 g/mol. The smallest absolute Gasteiger partial charge is 0.302 e. The number of rotatable bonds is 1. The van der Waals surface area contributed by atoms with Crippen molar-refractivity contribution in [2.45, 2.75) is 84.0 Å². The molecule has 0 heterocycles. The molecule has 2 N–H and O–H groups in total. The Kier molecular flexibility index (Phi) is 4.27. The number of ketones is 1. The predicted molar refractivity (Wildman–Crippen MR) is 95.1 cm³/mol. The first-order valence-electron chi connectivity index (χ1n) is 10.2. The molecule has 9 atom stereocenters. The first kappa shape index (κ1) is 18.4. The first-order valence-corrected chi connectivity index (χ1v) is 10.2. The Morgan fingerprint density at radius 3 is 2.46 bits per heavy atom. The summed E-state index contributed by atoms with van der Waals surface area (Å²) in [5.41, 5.74) is -0.261. The lowest BCUT2D eigenvalue weighted by atomic mass is 9.44. The van der Waals surface area contributed by atoms with E-state index in [0.717, 1.165) is 25.7 Å². The van der Waals surface area contributed by atoms with E-state index in [1.54, 1.807) is 0 Å². The maximum Gasteiger partial charge on any atom is 0.302 e. The highest BCUT2D eigenvalue weighted by Gasteiger charge is 2.63. The van der Waals surface area contributed by atoms with Gasteiger partial charge in [0.2, 0.25) is 0 Å². The van der Waals surface area contributed by atoms with Crippen LogP contribution in [0.5, 0.6) is 0 Å². The van der Waals surface area contributed by atoms with Crippen molar-refractivity contribution < 1.29 is 24.5 Å². The number of aliphatic hydroxyl groups is 2. The Balaban J connectivity index is 1.64. The molecule has 4 aliphatic rings. The minimum absolute atomic E-state index is 0.0367. The van der Waals surface area contributed by atoms with E-state index in [1.165, 1.54) is 6.92 Å². The van der Waals surface area contributed by atoms with Crippen LogP contribution in [0.15, 0.2) is 0 Å². The van der Waals surface area contributed by atoms with Crippen LogP contribution >= 0.6 is 0 Å². The van der Waals surface area contributed by atoms with Crippen LogP contribution < -0.4 is 0 Å². The Morgan fingerprint density at radius 1 is 1.08 bits per heavy atom. The number of carbonyl (C=O) groups is 2. The van der Waals surface area contributed by atoms with Crippen molar-refractivity contribution in [3.63, 3.8) is 0 Å². The summed E-state index contributed by atoms with van der Waals surface area (Å²) in [4.78, 5) is 24.5. The molecule has 0 bridgehead atoms. The molecule has 4 aliphatic carbocycles. The second-order valence-electron chi connectivity index (χ2n) is 9.90. The van der Waals surface area contributed by atoms with Crippen molar-refractivity contribution in [2.24, 2.45) is 34.5 Å². The molecule has 0 spiro atoms. The molecule has 0 aliphatic heterocycles. The van der Waals surface area contributed by atoms with Crippen molar-refractivity contribution in [3.8, 4) is 0 Å². The standard InChI is InChI=1S/C21H32O5/c1-11(22)26-19-5-4-13-12-8-16(23)15-9-17(24)18(25)10-21(15,3)14(12)6-7-20(13,19)2/h12-15,17-19,24-25H,4-10H2,1-3H3/t12-,13-,14-,15+,17-,18+,19-,20-,21+/m0/s1. The van der Waals surface area contributed by atoms with Crippen molar-refractivity contribution in [1.29, 1.82) is 0 Å². The van der Waals surface area contributed by atoms with Gasteiger partial charge in [0.25, 0.3) is 0 Å². The van der Waals surface area contributed by atoms with E-state index < -0.39 is 12.2 Å². The molecule has 4 fully saturated rings. The fraction of sp³-hybridized carbons (Fsp3) is 0.905. The summed E-state index contributed by atoms with van der Waals surface area (Å²) in [7, 11) is 0. The molecule has 5 nitrogen and oxygen atoms in total. The number of hydrogen-bond acceptors (Lipinski definition) is 5. The van der Waals surface area contributed by atoms with Crippen LogP contribution in [0.1, 0.15) is 65.7 Å². The summed E-state index contributed by atoms with van der Waals surface area (Å²) in [5.74, 6) is 1.04. The number of ether oxygens (including phenoxy) is 1. The van der Waals surface area contributed by atoms with Gasteiger partial charge in [-0.1, -0.05) is 13.8 Å². The van der Waals surface area contributed by atoms with Gasteiger partial charge in [0.15, 0.2) is 0 Å². The lowest BCUT2D eigenvalue weighted by molar-refractivity contribution is -0.179. The van der Waals surface area contributed by atoms with E-state index in [1.807, 2.05) is 0 Å². The zero-order valence-electron chi connectivity index (χ0n) is 16.1. The number of carbonyl (C=O) groups excluding carboxylic acids is 2. The minimum Gasteiger partial charge on any atom is -0.462 e. The molecule has 0 aromatic carbocycles. The highest BCUT2D eigenvalue weighted by atomic mass is 16.5. The summed E-state index contributed by atoms with van der Waals surface area (Å²) >= 11 is 0. The average Bonchev–Trinajstić information content (AvgIpc) is 2.87. The van der Waals surface area contributed by atoms with Gasteiger partial charge in [0.1, 0.15) is 11.9 Å². The van der Waals surface area contributed by atoms with E-state index in [0.29, 0.717) is 37.0 Å². The molecule has 26 heavy (non-hydrogen) atoms. The minimum atomic E-state index is -0.776. The molecule has 0 amide bonds. The molecule has 4 rings (SSSR count). The van der Waals surface area contributed by atoms with E-state index in [9.17, 15) is 19.8 Å². The van der Waals surface area contributed by atoms with Crippen molar-refractivity contribution >= 4 is 11.8 Å². The fourth-order valence-electron chi connectivity index (χ4n) is 7.42. The third-order valence-electron chi connectivity index (χ3n) is 8.70. The Hall–Kier alpha value is -0.940. The molecule has 4 saturated carbocycles. The molecule has 5 heteroatoms. The lowest BCUT2D eigenvalue weighted by Crippen LogP contribution is -2.59. The SMILES string of the molecule is CC(=O)O[C@H]1CC[C@H]2[C@@H]3CC(=O)[C@H]4C[C@H](O)[C@H](O)C[C@]4(C)[C@H]3CC[C@]12C. The number of esters is 1. The van der Waals surface area contributed by atoms with Crippen LogP contribution in [0.25, 0.3) is 0 Å².